The first-order chi connectivity index (χ1) is 12.3. The molecule has 5 heteroatoms. The highest BCUT2D eigenvalue weighted by atomic mass is 16.5. The largest absolute Gasteiger partial charge is 0.487 e. The molecule has 0 amide bonds. The number of fused-ring (bicyclic) bond motifs is 2. The molecule has 3 heterocycles. The second kappa shape index (κ2) is 7.40. The molecule has 1 fully saturated rings. The molecule has 0 unspecified atom stereocenters. The third-order valence-corrected chi connectivity index (χ3v) is 5.00. The van der Waals surface area contributed by atoms with E-state index in [9.17, 15) is 0 Å². The Hall–Kier alpha value is -2.14. The molecule has 0 spiro atoms. The molecule has 0 N–H and O–H groups in total. The Labute approximate surface area is 149 Å². The highest BCUT2D eigenvalue weighted by Crippen LogP contribution is 2.33. The van der Waals surface area contributed by atoms with Crippen LogP contribution in [0.3, 0.4) is 0 Å². The summed E-state index contributed by atoms with van der Waals surface area (Å²) in [7, 11) is 0. The van der Waals surface area contributed by atoms with E-state index in [2.05, 4.69) is 33.9 Å². The Morgan fingerprint density at radius 2 is 2.20 bits per heavy atom. The normalized spacial score (nSPS) is 19.1. The molecule has 5 nitrogen and oxygen atoms in total. The van der Waals surface area contributed by atoms with Crippen LogP contribution in [0.25, 0.3) is 0 Å². The first-order valence-electron chi connectivity index (χ1n) is 9.21. The summed E-state index contributed by atoms with van der Waals surface area (Å²) in [5, 5.41) is 0. The first-order valence-corrected chi connectivity index (χ1v) is 9.21. The van der Waals surface area contributed by atoms with Gasteiger partial charge in [0.2, 0.25) is 0 Å². The van der Waals surface area contributed by atoms with Crippen molar-refractivity contribution in [3.63, 3.8) is 0 Å². The van der Waals surface area contributed by atoms with Crippen molar-refractivity contribution in [2.75, 3.05) is 31.2 Å². The van der Waals surface area contributed by atoms with E-state index in [0.717, 1.165) is 62.8 Å². The van der Waals surface area contributed by atoms with Gasteiger partial charge in [0, 0.05) is 37.6 Å². The van der Waals surface area contributed by atoms with Crippen LogP contribution < -0.4 is 9.64 Å². The third kappa shape index (κ3) is 3.47. The maximum Gasteiger partial charge on any atom is 0.135 e. The number of ether oxygens (including phenoxy) is 2. The molecule has 1 saturated heterocycles. The minimum Gasteiger partial charge on any atom is -0.487 e. The standard InChI is InChI=1S/C20H25N3O2/c1-2-9-24-12-15-7-8-23(11-15)20-17-10-16-5-3-4-6-19(16)25-13-18(17)21-14-22-20/h3-6,14-15H,2,7-13H2,1H3/t15-/m1/s1. The van der Waals surface area contributed by atoms with Gasteiger partial charge in [-0.3, -0.25) is 0 Å². The van der Waals surface area contributed by atoms with Crippen LogP contribution in [-0.4, -0.2) is 36.3 Å². The minimum absolute atomic E-state index is 0.513. The van der Waals surface area contributed by atoms with Gasteiger partial charge in [0.15, 0.2) is 0 Å². The number of rotatable bonds is 5. The van der Waals surface area contributed by atoms with Crippen LogP contribution in [0.5, 0.6) is 5.75 Å². The van der Waals surface area contributed by atoms with E-state index in [-0.39, 0.29) is 0 Å². The highest BCUT2D eigenvalue weighted by molar-refractivity contribution is 5.54. The molecule has 2 aliphatic rings. The summed E-state index contributed by atoms with van der Waals surface area (Å²) in [5.74, 6) is 2.62. The van der Waals surface area contributed by atoms with Gasteiger partial charge in [-0.2, -0.15) is 0 Å². The molecular weight excluding hydrogens is 314 g/mol. The van der Waals surface area contributed by atoms with Crippen LogP contribution in [0.4, 0.5) is 5.82 Å². The van der Waals surface area contributed by atoms with Crippen molar-refractivity contribution in [3.05, 3.63) is 47.4 Å². The zero-order chi connectivity index (χ0) is 17.1. The minimum atomic E-state index is 0.513. The third-order valence-electron chi connectivity index (χ3n) is 5.00. The van der Waals surface area contributed by atoms with E-state index < -0.39 is 0 Å². The lowest BCUT2D eigenvalue weighted by Gasteiger charge is -2.21. The van der Waals surface area contributed by atoms with E-state index >= 15 is 0 Å². The maximum atomic E-state index is 5.95. The average Bonchev–Trinajstić information content (AvgIpc) is 3.02. The molecular formula is C20H25N3O2. The zero-order valence-electron chi connectivity index (χ0n) is 14.8. The Bertz CT molecular complexity index is 735. The van der Waals surface area contributed by atoms with Gasteiger partial charge in [-0.1, -0.05) is 25.1 Å². The van der Waals surface area contributed by atoms with E-state index in [1.54, 1.807) is 6.33 Å². The predicted octanol–water partition coefficient (Wildman–Crippen LogP) is 3.21. The molecule has 1 atom stereocenters. The average molecular weight is 339 g/mol. The van der Waals surface area contributed by atoms with Gasteiger partial charge in [-0.15, -0.1) is 0 Å². The number of nitrogens with zero attached hydrogens (tertiary/aromatic N) is 3. The Balaban J connectivity index is 1.55. The van der Waals surface area contributed by atoms with Crippen molar-refractivity contribution < 1.29 is 9.47 Å². The van der Waals surface area contributed by atoms with Crippen molar-refractivity contribution in [2.24, 2.45) is 5.92 Å². The summed E-state index contributed by atoms with van der Waals surface area (Å²) in [5.41, 5.74) is 3.42. The van der Waals surface area contributed by atoms with Crippen molar-refractivity contribution in [1.82, 2.24) is 9.97 Å². The Morgan fingerprint density at radius 3 is 3.12 bits per heavy atom. The molecule has 0 radical (unpaired) electrons. The van der Waals surface area contributed by atoms with Crippen LogP contribution in [0, 0.1) is 5.92 Å². The van der Waals surface area contributed by atoms with Crippen LogP contribution in [-0.2, 0) is 17.8 Å². The van der Waals surface area contributed by atoms with Crippen LogP contribution >= 0.6 is 0 Å². The lowest BCUT2D eigenvalue weighted by molar-refractivity contribution is 0.106. The topological polar surface area (TPSA) is 47.5 Å². The van der Waals surface area contributed by atoms with Crippen LogP contribution in [0.2, 0.25) is 0 Å². The van der Waals surface area contributed by atoms with Gasteiger partial charge >= 0.3 is 0 Å². The number of aromatic nitrogens is 2. The van der Waals surface area contributed by atoms with E-state index in [0.29, 0.717) is 12.5 Å². The molecule has 0 bridgehead atoms. The van der Waals surface area contributed by atoms with Crippen LogP contribution in [0.15, 0.2) is 30.6 Å². The Morgan fingerprint density at radius 1 is 1.28 bits per heavy atom. The van der Waals surface area contributed by atoms with Crippen molar-refractivity contribution in [3.8, 4) is 5.75 Å². The van der Waals surface area contributed by atoms with E-state index in [4.69, 9.17) is 9.47 Å². The van der Waals surface area contributed by atoms with Crippen molar-refractivity contribution in [2.45, 2.75) is 32.8 Å². The molecule has 2 aliphatic heterocycles. The molecule has 132 valence electrons. The fourth-order valence-electron chi connectivity index (χ4n) is 3.70. The van der Waals surface area contributed by atoms with E-state index in [1.165, 1.54) is 11.1 Å². The lowest BCUT2D eigenvalue weighted by atomic mass is 10.0. The molecule has 0 aliphatic carbocycles. The summed E-state index contributed by atoms with van der Waals surface area (Å²) in [4.78, 5) is 11.5. The fourth-order valence-corrected chi connectivity index (χ4v) is 3.70. The summed E-state index contributed by atoms with van der Waals surface area (Å²) < 4.78 is 11.7. The highest BCUT2D eigenvalue weighted by Gasteiger charge is 2.28. The van der Waals surface area contributed by atoms with Gasteiger partial charge < -0.3 is 14.4 Å². The van der Waals surface area contributed by atoms with Gasteiger partial charge in [0.05, 0.1) is 12.3 Å². The first kappa shape index (κ1) is 16.3. The van der Waals surface area contributed by atoms with Crippen molar-refractivity contribution in [1.29, 1.82) is 0 Å². The van der Waals surface area contributed by atoms with Gasteiger partial charge in [0.25, 0.3) is 0 Å². The monoisotopic (exact) mass is 339 g/mol. The number of anilines is 1. The number of hydrogen-bond donors (Lipinski definition) is 0. The molecule has 4 rings (SSSR count). The molecule has 0 saturated carbocycles. The SMILES string of the molecule is CCCOC[C@@H]1CCN(c2ncnc3c2Cc2ccccc2OC3)C1. The second-order valence-electron chi connectivity index (χ2n) is 6.87. The number of benzene rings is 1. The van der Waals surface area contributed by atoms with Gasteiger partial charge in [0.1, 0.15) is 24.5 Å². The van der Waals surface area contributed by atoms with Gasteiger partial charge in [-0.05, 0) is 24.5 Å². The number of para-hydroxylation sites is 1. The summed E-state index contributed by atoms with van der Waals surface area (Å²) in [6.07, 6.45) is 4.74. The van der Waals surface area contributed by atoms with Gasteiger partial charge in [-0.25, -0.2) is 9.97 Å². The fraction of sp³-hybridized carbons (Fsp3) is 0.500. The van der Waals surface area contributed by atoms with E-state index in [1.807, 2.05) is 12.1 Å². The van der Waals surface area contributed by atoms with Crippen LogP contribution in [0.1, 0.15) is 36.6 Å². The lowest BCUT2D eigenvalue weighted by Crippen LogP contribution is -2.24. The maximum absolute atomic E-state index is 5.95. The zero-order valence-corrected chi connectivity index (χ0v) is 14.8. The summed E-state index contributed by atoms with van der Waals surface area (Å²) in [6.45, 7) is 6.41. The molecule has 2 aromatic rings. The quantitative estimate of drug-likeness (QED) is 0.783. The summed E-state index contributed by atoms with van der Waals surface area (Å²) in [6, 6.07) is 8.24. The Kier molecular flexibility index (Phi) is 4.83. The molecule has 1 aromatic heterocycles. The number of hydrogen-bond acceptors (Lipinski definition) is 5. The molecule has 25 heavy (non-hydrogen) atoms. The predicted molar refractivity (Wildman–Crippen MR) is 97.0 cm³/mol. The van der Waals surface area contributed by atoms with Crippen molar-refractivity contribution >= 4 is 5.82 Å². The smallest absolute Gasteiger partial charge is 0.135 e. The summed E-state index contributed by atoms with van der Waals surface area (Å²) >= 11 is 0. The molecule has 1 aromatic carbocycles. The second-order valence-corrected chi connectivity index (χ2v) is 6.87.